The Morgan fingerprint density at radius 2 is 1.65 bits per heavy atom. The first-order chi connectivity index (χ1) is 15.0. The van der Waals surface area contributed by atoms with Gasteiger partial charge in [0.2, 0.25) is 11.5 Å². The Kier molecular flexibility index (Phi) is 5.85. The summed E-state index contributed by atoms with van der Waals surface area (Å²) in [7, 11) is 0. The molecule has 0 aliphatic rings. The first kappa shape index (κ1) is 20.4. The maximum absolute atomic E-state index is 12.8. The summed E-state index contributed by atoms with van der Waals surface area (Å²) in [6.45, 7) is 3.54. The van der Waals surface area contributed by atoms with E-state index in [2.05, 4.69) is 0 Å². The molecule has 0 bridgehead atoms. The molecule has 1 heterocycles. The number of furan rings is 1. The number of carbonyl (C=O) groups is 2. The van der Waals surface area contributed by atoms with Crippen LogP contribution in [0.15, 0.2) is 77.2 Å². The molecule has 0 N–H and O–H groups in total. The number of hydrogen-bond donors (Lipinski definition) is 0. The minimum absolute atomic E-state index is 0.0471. The highest BCUT2D eigenvalue weighted by molar-refractivity contribution is 6.01. The van der Waals surface area contributed by atoms with Crippen LogP contribution in [0.2, 0.25) is 0 Å². The van der Waals surface area contributed by atoms with Crippen LogP contribution in [0.25, 0.3) is 11.0 Å². The molecule has 0 saturated heterocycles. The van der Waals surface area contributed by atoms with Crippen molar-refractivity contribution in [2.45, 2.75) is 20.5 Å². The standard InChI is InChI=1S/C26H22O5/c1-17-12-13-18(2)21(14-17)23(27)16-30-26(28)25-22(15-29-19-8-4-3-5-9-19)20-10-6-7-11-24(20)31-25/h3-14H,15-16H2,1-2H3. The molecule has 4 rings (SSSR count). The van der Waals surface area contributed by atoms with E-state index in [1.54, 1.807) is 12.1 Å². The molecular weight excluding hydrogens is 392 g/mol. The molecule has 0 amide bonds. The van der Waals surface area contributed by atoms with Crippen LogP contribution in [0.3, 0.4) is 0 Å². The molecule has 31 heavy (non-hydrogen) atoms. The fraction of sp³-hybridized carbons (Fsp3) is 0.154. The summed E-state index contributed by atoms with van der Waals surface area (Å²) < 4.78 is 16.9. The van der Waals surface area contributed by atoms with Gasteiger partial charge in [-0.3, -0.25) is 4.79 Å². The van der Waals surface area contributed by atoms with E-state index in [1.807, 2.05) is 74.5 Å². The number of Topliss-reactive ketones (excluding diaryl/α,β-unsaturated/α-hetero) is 1. The maximum Gasteiger partial charge on any atom is 0.375 e. The Balaban J connectivity index is 1.54. The molecule has 5 nitrogen and oxygen atoms in total. The predicted octanol–water partition coefficient (Wildman–Crippen LogP) is 5.67. The summed E-state index contributed by atoms with van der Waals surface area (Å²) in [5.74, 6) is -0.225. The van der Waals surface area contributed by atoms with Crippen molar-refractivity contribution in [1.82, 2.24) is 0 Å². The smallest absolute Gasteiger partial charge is 0.375 e. The van der Waals surface area contributed by atoms with Gasteiger partial charge in [-0.1, -0.05) is 54.1 Å². The maximum atomic E-state index is 12.8. The summed E-state index contributed by atoms with van der Waals surface area (Å²) in [4.78, 5) is 25.4. The lowest BCUT2D eigenvalue weighted by atomic mass is 10.0. The molecule has 4 aromatic rings. The average Bonchev–Trinajstić information content (AvgIpc) is 3.17. The number of benzene rings is 3. The van der Waals surface area contributed by atoms with Gasteiger partial charge in [0.1, 0.15) is 17.9 Å². The predicted molar refractivity (Wildman–Crippen MR) is 118 cm³/mol. The molecule has 0 atom stereocenters. The third kappa shape index (κ3) is 4.51. The van der Waals surface area contributed by atoms with Crippen molar-refractivity contribution in [2.75, 3.05) is 6.61 Å². The summed E-state index contributed by atoms with van der Waals surface area (Å²) in [5, 5.41) is 0.770. The van der Waals surface area contributed by atoms with Crippen LogP contribution in [0.1, 0.15) is 37.6 Å². The van der Waals surface area contributed by atoms with Gasteiger partial charge in [0, 0.05) is 10.9 Å². The third-order valence-electron chi connectivity index (χ3n) is 5.04. The first-order valence-corrected chi connectivity index (χ1v) is 9.99. The molecule has 5 heteroatoms. The highest BCUT2D eigenvalue weighted by Crippen LogP contribution is 2.28. The molecule has 156 valence electrons. The fourth-order valence-corrected chi connectivity index (χ4v) is 3.39. The van der Waals surface area contributed by atoms with Gasteiger partial charge in [-0.25, -0.2) is 4.79 Å². The fourth-order valence-electron chi connectivity index (χ4n) is 3.39. The lowest BCUT2D eigenvalue weighted by molar-refractivity contribution is 0.0442. The number of para-hydroxylation sites is 2. The first-order valence-electron chi connectivity index (χ1n) is 9.99. The second kappa shape index (κ2) is 8.88. The van der Waals surface area contributed by atoms with Crippen molar-refractivity contribution in [3.63, 3.8) is 0 Å². The molecule has 0 aliphatic heterocycles. The Bertz CT molecular complexity index is 1240. The van der Waals surface area contributed by atoms with Gasteiger partial charge in [0.05, 0.1) is 5.56 Å². The summed E-state index contributed by atoms with van der Waals surface area (Å²) in [5.41, 5.74) is 3.50. The number of fused-ring (bicyclic) bond motifs is 1. The Morgan fingerprint density at radius 3 is 2.45 bits per heavy atom. The van der Waals surface area contributed by atoms with Crippen LogP contribution >= 0.6 is 0 Å². The zero-order chi connectivity index (χ0) is 21.8. The van der Waals surface area contributed by atoms with E-state index in [4.69, 9.17) is 13.9 Å². The van der Waals surface area contributed by atoms with E-state index in [1.165, 1.54) is 0 Å². The molecule has 0 saturated carbocycles. The quantitative estimate of drug-likeness (QED) is 0.288. The molecule has 0 radical (unpaired) electrons. The van der Waals surface area contributed by atoms with Crippen molar-refractivity contribution in [1.29, 1.82) is 0 Å². The van der Waals surface area contributed by atoms with Gasteiger partial charge in [-0.15, -0.1) is 0 Å². The lowest BCUT2D eigenvalue weighted by Crippen LogP contribution is -2.16. The topological polar surface area (TPSA) is 65.7 Å². The summed E-state index contributed by atoms with van der Waals surface area (Å²) in [6, 6.07) is 22.3. The van der Waals surface area contributed by atoms with Gasteiger partial charge >= 0.3 is 5.97 Å². The second-order valence-corrected chi connectivity index (χ2v) is 7.33. The SMILES string of the molecule is Cc1ccc(C)c(C(=O)COC(=O)c2oc3ccccc3c2COc2ccccc2)c1. The number of rotatable bonds is 7. The highest BCUT2D eigenvalue weighted by atomic mass is 16.5. The zero-order valence-corrected chi connectivity index (χ0v) is 17.4. The molecular formula is C26H22O5. The van der Waals surface area contributed by atoms with Crippen LogP contribution in [0.4, 0.5) is 0 Å². The Labute approximate surface area is 180 Å². The molecule has 0 aliphatic carbocycles. The number of hydrogen-bond acceptors (Lipinski definition) is 5. The Hall–Kier alpha value is -3.86. The largest absolute Gasteiger partial charge is 0.489 e. The normalized spacial score (nSPS) is 10.8. The molecule has 0 spiro atoms. The number of ketones is 1. The van der Waals surface area contributed by atoms with Gasteiger partial charge in [0.15, 0.2) is 6.61 Å². The van der Waals surface area contributed by atoms with Crippen LogP contribution in [0, 0.1) is 13.8 Å². The van der Waals surface area contributed by atoms with Crippen LogP contribution in [-0.4, -0.2) is 18.4 Å². The van der Waals surface area contributed by atoms with Crippen molar-refractivity contribution in [3.8, 4) is 5.75 Å². The monoisotopic (exact) mass is 414 g/mol. The van der Waals surface area contributed by atoms with Crippen LogP contribution in [-0.2, 0) is 11.3 Å². The van der Waals surface area contributed by atoms with Crippen molar-refractivity contribution in [2.24, 2.45) is 0 Å². The number of aryl methyl sites for hydroxylation is 2. The van der Waals surface area contributed by atoms with Crippen molar-refractivity contribution >= 4 is 22.7 Å². The van der Waals surface area contributed by atoms with Gasteiger partial charge < -0.3 is 13.9 Å². The molecule has 1 aromatic heterocycles. The van der Waals surface area contributed by atoms with Crippen LogP contribution in [0.5, 0.6) is 5.75 Å². The number of ether oxygens (including phenoxy) is 2. The Morgan fingerprint density at radius 1 is 0.903 bits per heavy atom. The van der Waals surface area contributed by atoms with Gasteiger partial charge in [-0.05, 0) is 43.7 Å². The highest BCUT2D eigenvalue weighted by Gasteiger charge is 2.23. The minimum atomic E-state index is -0.693. The van der Waals surface area contributed by atoms with Gasteiger partial charge in [0.25, 0.3) is 0 Å². The van der Waals surface area contributed by atoms with E-state index in [0.717, 1.165) is 16.5 Å². The van der Waals surface area contributed by atoms with E-state index in [-0.39, 0.29) is 24.8 Å². The summed E-state index contributed by atoms with van der Waals surface area (Å²) >= 11 is 0. The zero-order valence-electron chi connectivity index (χ0n) is 17.4. The molecule has 0 unspecified atom stereocenters. The lowest BCUT2D eigenvalue weighted by Gasteiger charge is -2.08. The molecule has 0 fully saturated rings. The minimum Gasteiger partial charge on any atom is -0.489 e. The van der Waals surface area contributed by atoms with Gasteiger partial charge in [-0.2, -0.15) is 0 Å². The van der Waals surface area contributed by atoms with E-state index >= 15 is 0 Å². The average molecular weight is 414 g/mol. The summed E-state index contributed by atoms with van der Waals surface area (Å²) in [6.07, 6.45) is 0. The molecule has 3 aromatic carbocycles. The van der Waals surface area contributed by atoms with Crippen molar-refractivity contribution in [3.05, 3.63) is 101 Å². The van der Waals surface area contributed by atoms with Crippen molar-refractivity contribution < 1.29 is 23.5 Å². The van der Waals surface area contributed by atoms with E-state index in [9.17, 15) is 9.59 Å². The number of esters is 1. The number of carbonyl (C=O) groups excluding carboxylic acids is 2. The second-order valence-electron chi connectivity index (χ2n) is 7.33. The van der Waals surface area contributed by atoms with Crippen LogP contribution < -0.4 is 4.74 Å². The van der Waals surface area contributed by atoms with E-state index in [0.29, 0.717) is 22.5 Å². The third-order valence-corrected chi connectivity index (χ3v) is 5.04. The van der Waals surface area contributed by atoms with E-state index < -0.39 is 5.97 Å².